The Morgan fingerprint density at radius 2 is 2.40 bits per heavy atom. The van der Waals surface area contributed by atoms with Crippen molar-refractivity contribution < 1.29 is 9.47 Å². The standard InChI is InChI=1S/C12H17NO2/c1-3-13-10-7-8-15-12-9(10)5-4-6-11(12)14-2/h4-6,10,13H,3,7-8H2,1-2H3. The Bertz CT molecular complexity index is 338. The smallest absolute Gasteiger partial charge is 0.165 e. The second-order valence-corrected chi connectivity index (χ2v) is 3.63. The number of fused-ring (bicyclic) bond motifs is 1. The molecule has 1 aliphatic heterocycles. The van der Waals surface area contributed by atoms with Crippen molar-refractivity contribution in [3.8, 4) is 11.5 Å². The highest BCUT2D eigenvalue weighted by atomic mass is 16.5. The van der Waals surface area contributed by atoms with Gasteiger partial charge in [0.15, 0.2) is 11.5 Å². The zero-order chi connectivity index (χ0) is 10.7. The molecule has 0 spiro atoms. The van der Waals surface area contributed by atoms with E-state index in [-0.39, 0.29) is 0 Å². The van der Waals surface area contributed by atoms with E-state index < -0.39 is 0 Å². The predicted octanol–water partition coefficient (Wildman–Crippen LogP) is 2.13. The minimum Gasteiger partial charge on any atom is -0.493 e. The van der Waals surface area contributed by atoms with Crippen LogP contribution >= 0.6 is 0 Å². The van der Waals surface area contributed by atoms with Crippen LogP contribution in [-0.4, -0.2) is 20.3 Å². The van der Waals surface area contributed by atoms with E-state index in [0.717, 1.165) is 31.1 Å². The summed E-state index contributed by atoms with van der Waals surface area (Å²) in [6, 6.07) is 6.45. The van der Waals surface area contributed by atoms with Gasteiger partial charge in [0.1, 0.15) is 0 Å². The first kappa shape index (κ1) is 10.3. The van der Waals surface area contributed by atoms with Crippen molar-refractivity contribution >= 4 is 0 Å². The molecule has 0 aliphatic carbocycles. The third-order valence-corrected chi connectivity index (χ3v) is 2.71. The van der Waals surface area contributed by atoms with Gasteiger partial charge in [-0.25, -0.2) is 0 Å². The van der Waals surface area contributed by atoms with Gasteiger partial charge in [-0.2, -0.15) is 0 Å². The van der Waals surface area contributed by atoms with Crippen molar-refractivity contribution in [2.75, 3.05) is 20.3 Å². The molecule has 0 radical (unpaired) electrons. The molecule has 82 valence electrons. The van der Waals surface area contributed by atoms with Crippen LogP contribution < -0.4 is 14.8 Å². The van der Waals surface area contributed by atoms with Crippen molar-refractivity contribution in [1.29, 1.82) is 0 Å². The molecule has 1 aromatic carbocycles. The molecular weight excluding hydrogens is 190 g/mol. The van der Waals surface area contributed by atoms with Gasteiger partial charge >= 0.3 is 0 Å². The molecule has 1 unspecified atom stereocenters. The van der Waals surface area contributed by atoms with E-state index in [9.17, 15) is 0 Å². The number of hydrogen-bond acceptors (Lipinski definition) is 3. The van der Waals surface area contributed by atoms with Gasteiger partial charge in [-0.1, -0.05) is 19.1 Å². The molecule has 15 heavy (non-hydrogen) atoms. The summed E-state index contributed by atoms with van der Waals surface area (Å²) in [6.45, 7) is 3.85. The third-order valence-electron chi connectivity index (χ3n) is 2.71. The van der Waals surface area contributed by atoms with Crippen molar-refractivity contribution in [2.24, 2.45) is 0 Å². The summed E-state index contributed by atoms with van der Waals surface area (Å²) < 4.78 is 10.9. The summed E-state index contributed by atoms with van der Waals surface area (Å²) >= 11 is 0. The molecule has 0 bridgehead atoms. The van der Waals surface area contributed by atoms with Gasteiger partial charge in [-0.05, 0) is 12.6 Å². The lowest BCUT2D eigenvalue weighted by Gasteiger charge is -2.27. The summed E-state index contributed by atoms with van der Waals surface area (Å²) in [7, 11) is 1.68. The van der Waals surface area contributed by atoms with Crippen molar-refractivity contribution in [3.63, 3.8) is 0 Å². The molecular formula is C12H17NO2. The Morgan fingerprint density at radius 3 is 3.13 bits per heavy atom. The van der Waals surface area contributed by atoms with Gasteiger partial charge < -0.3 is 14.8 Å². The van der Waals surface area contributed by atoms with E-state index in [1.807, 2.05) is 12.1 Å². The molecule has 1 heterocycles. The second kappa shape index (κ2) is 4.53. The van der Waals surface area contributed by atoms with Crippen LogP contribution in [0.5, 0.6) is 11.5 Å². The minimum atomic E-state index is 0.397. The molecule has 1 N–H and O–H groups in total. The fourth-order valence-electron chi connectivity index (χ4n) is 2.02. The molecule has 1 atom stereocenters. The lowest BCUT2D eigenvalue weighted by atomic mass is 10.00. The zero-order valence-electron chi connectivity index (χ0n) is 9.25. The normalized spacial score (nSPS) is 19.2. The van der Waals surface area contributed by atoms with E-state index in [1.165, 1.54) is 5.56 Å². The SMILES string of the molecule is CCNC1CCOc2c(OC)cccc21. The van der Waals surface area contributed by atoms with E-state index in [2.05, 4.69) is 18.3 Å². The van der Waals surface area contributed by atoms with Gasteiger partial charge in [-0.3, -0.25) is 0 Å². The summed E-state index contributed by atoms with van der Waals surface area (Å²) in [4.78, 5) is 0. The molecule has 1 aliphatic rings. The van der Waals surface area contributed by atoms with Gasteiger partial charge in [-0.15, -0.1) is 0 Å². The molecule has 0 fully saturated rings. The molecule has 3 nitrogen and oxygen atoms in total. The maximum atomic E-state index is 5.66. The molecule has 0 aromatic heterocycles. The Hall–Kier alpha value is -1.22. The van der Waals surface area contributed by atoms with Crippen molar-refractivity contribution in [1.82, 2.24) is 5.32 Å². The van der Waals surface area contributed by atoms with Crippen LogP contribution in [0.1, 0.15) is 24.9 Å². The molecule has 3 heteroatoms. The van der Waals surface area contributed by atoms with Gasteiger partial charge in [0.2, 0.25) is 0 Å². The summed E-state index contributed by atoms with van der Waals surface area (Å²) in [5.74, 6) is 1.73. The molecule has 2 rings (SSSR count). The van der Waals surface area contributed by atoms with E-state index in [4.69, 9.17) is 9.47 Å². The fraction of sp³-hybridized carbons (Fsp3) is 0.500. The first-order chi connectivity index (χ1) is 7.36. The Labute approximate surface area is 90.4 Å². The molecule has 0 amide bonds. The highest BCUT2D eigenvalue weighted by Crippen LogP contribution is 2.38. The monoisotopic (exact) mass is 207 g/mol. The number of hydrogen-bond donors (Lipinski definition) is 1. The van der Waals surface area contributed by atoms with Crippen LogP contribution in [0.3, 0.4) is 0 Å². The van der Waals surface area contributed by atoms with Crippen LogP contribution in [0.25, 0.3) is 0 Å². The summed E-state index contributed by atoms with van der Waals surface area (Å²) in [5, 5.41) is 3.46. The number of benzene rings is 1. The quantitative estimate of drug-likeness (QED) is 0.823. The zero-order valence-corrected chi connectivity index (χ0v) is 9.25. The van der Waals surface area contributed by atoms with Crippen molar-refractivity contribution in [2.45, 2.75) is 19.4 Å². The van der Waals surface area contributed by atoms with E-state index in [1.54, 1.807) is 7.11 Å². The number of rotatable bonds is 3. The average molecular weight is 207 g/mol. The first-order valence-corrected chi connectivity index (χ1v) is 5.40. The number of para-hydroxylation sites is 1. The van der Waals surface area contributed by atoms with Gasteiger partial charge in [0.05, 0.1) is 13.7 Å². The van der Waals surface area contributed by atoms with Gasteiger partial charge in [0.25, 0.3) is 0 Å². The van der Waals surface area contributed by atoms with Crippen LogP contribution in [0, 0.1) is 0 Å². The lowest BCUT2D eigenvalue weighted by molar-refractivity contribution is 0.240. The Balaban J connectivity index is 2.35. The number of methoxy groups -OCH3 is 1. The maximum Gasteiger partial charge on any atom is 0.165 e. The molecule has 1 aromatic rings. The Kier molecular flexibility index (Phi) is 3.11. The maximum absolute atomic E-state index is 5.66. The van der Waals surface area contributed by atoms with E-state index in [0.29, 0.717) is 6.04 Å². The average Bonchev–Trinajstić information content (AvgIpc) is 2.29. The third kappa shape index (κ3) is 1.92. The lowest BCUT2D eigenvalue weighted by Crippen LogP contribution is -2.26. The number of nitrogens with one attached hydrogen (secondary N) is 1. The summed E-state index contributed by atoms with van der Waals surface area (Å²) in [6.07, 6.45) is 1.02. The van der Waals surface area contributed by atoms with Crippen LogP contribution in [0.15, 0.2) is 18.2 Å². The van der Waals surface area contributed by atoms with Crippen LogP contribution in [0.2, 0.25) is 0 Å². The molecule has 0 saturated heterocycles. The fourth-order valence-corrected chi connectivity index (χ4v) is 2.02. The molecule has 0 saturated carbocycles. The minimum absolute atomic E-state index is 0.397. The largest absolute Gasteiger partial charge is 0.493 e. The first-order valence-electron chi connectivity index (χ1n) is 5.40. The van der Waals surface area contributed by atoms with Crippen molar-refractivity contribution in [3.05, 3.63) is 23.8 Å². The highest BCUT2D eigenvalue weighted by Gasteiger charge is 2.23. The summed E-state index contributed by atoms with van der Waals surface area (Å²) in [5.41, 5.74) is 1.21. The van der Waals surface area contributed by atoms with Gasteiger partial charge in [0, 0.05) is 18.0 Å². The number of ether oxygens (including phenoxy) is 2. The Morgan fingerprint density at radius 1 is 1.53 bits per heavy atom. The predicted molar refractivity (Wildman–Crippen MR) is 59.5 cm³/mol. The second-order valence-electron chi connectivity index (χ2n) is 3.63. The van der Waals surface area contributed by atoms with E-state index >= 15 is 0 Å². The van der Waals surface area contributed by atoms with Crippen LogP contribution in [-0.2, 0) is 0 Å². The van der Waals surface area contributed by atoms with Crippen LogP contribution in [0.4, 0.5) is 0 Å². The topological polar surface area (TPSA) is 30.5 Å². The highest BCUT2D eigenvalue weighted by molar-refractivity contribution is 5.49.